The molecule has 33 heavy (non-hydrogen) atoms. The number of amides is 2. The number of nitrogens with two attached hydrogens (primary N) is 1. The fraction of sp³-hybridized carbons (Fsp3) is 0.316. The smallest absolute Gasteiger partial charge is 0.352 e. The third-order valence-electron chi connectivity index (χ3n) is 5.37. The van der Waals surface area contributed by atoms with Gasteiger partial charge in [0, 0.05) is 11.5 Å². The molecule has 172 valence electrons. The summed E-state index contributed by atoms with van der Waals surface area (Å²) in [6.07, 6.45) is 1.54. The van der Waals surface area contributed by atoms with E-state index in [0.717, 1.165) is 0 Å². The quantitative estimate of drug-likeness (QED) is 0.305. The van der Waals surface area contributed by atoms with E-state index in [1.165, 1.54) is 34.6 Å². The second-order valence-corrected chi connectivity index (χ2v) is 9.44. The van der Waals surface area contributed by atoms with Crippen molar-refractivity contribution in [2.45, 2.75) is 22.5 Å². The number of aromatic amines is 1. The lowest BCUT2D eigenvalue weighted by atomic mass is 10.0. The molecule has 1 aromatic heterocycles. The first-order valence-corrected chi connectivity index (χ1v) is 11.8. The second-order valence-electron chi connectivity index (χ2n) is 7.34. The molecule has 12 nitrogen and oxygen atoms in total. The van der Waals surface area contributed by atoms with E-state index in [0.29, 0.717) is 39.2 Å². The Morgan fingerprint density at radius 3 is 2.97 bits per heavy atom. The number of β-lactam (4-membered cyclic amide) rings is 1. The van der Waals surface area contributed by atoms with Gasteiger partial charge in [0.15, 0.2) is 11.5 Å². The summed E-state index contributed by atoms with van der Waals surface area (Å²) in [4.78, 5) is 38.7. The zero-order valence-corrected chi connectivity index (χ0v) is 18.5. The van der Waals surface area contributed by atoms with Crippen LogP contribution in [-0.2, 0) is 14.4 Å². The molecule has 0 spiro atoms. The Morgan fingerprint density at radius 1 is 1.39 bits per heavy atom. The van der Waals surface area contributed by atoms with Gasteiger partial charge in [-0.25, -0.2) is 4.79 Å². The fourth-order valence-corrected chi connectivity index (χ4v) is 5.99. The number of carbonyl (C=O) groups is 3. The first-order chi connectivity index (χ1) is 15.9. The molecule has 14 heteroatoms. The van der Waals surface area contributed by atoms with Crippen LogP contribution in [0.5, 0.6) is 11.5 Å². The van der Waals surface area contributed by atoms with Gasteiger partial charge in [0.25, 0.3) is 5.91 Å². The van der Waals surface area contributed by atoms with Gasteiger partial charge in [-0.05, 0) is 23.3 Å². The van der Waals surface area contributed by atoms with Crippen LogP contribution in [0.4, 0.5) is 0 Å². The van der Waals surface area contributed by atoms with Gasteiger partial charge in [-0.1, -0.05) is 17.8 Å². The van der Waals surface area contributed by atoms with E-state index in [2.05, 4.69) is 20.7 Å². The summed E-state index contributed by atoms with van der Waals surface area (Å²) < 4.78 is 10.6. The largest absolute Gasteiger partial charge is 0.477 e. The number of nitrogens with one attached hydrogen (secondary N) is 2. The monoisotopic (exact) mass is 490 g/mol. The number of aromatic nitrogens is 3. The minimum atomic E-state index is -1.19. The van der Waals surface area contributed by atoms with Gasteiger partial charge >= 0.3 is 5.97 Å². The SMILES string of the molecule is N[C@H](C(=O)NC1C(=O)N2C(C(=O)O)=C(CSc3cn[nH]n3)CSC12)c1ccc2c(c1)OCO2. The van der Waals surface area contributed by atoms with Crippen molar-refractivity contribution in [3.63, 3.8) is 0 Å². The van der Waals surface area contributed by atoms with E-state index in [9.17, 15) is 19.5 Å². The Kier molecular flexibility index (Phi) is 5.64. The zero-order chi connectivity index (χ0) is 23.1. The average Bonchev–Trinajstić information content (AvgIpc) is 3.51. The van der Waals surface area contributed by atoms with Gasteiger partial charge in [-0.2, -0.15) is 10.3 Å². The minimum Gasteiger partial charge on any atom is -0.477 e. The fourth-order valence-electron chi connectivity index (χ4n) is 3.72. The summed E-state index contributed by atoms with van der Waals surface area (Å²) >= 11 is 2.71. The average molecular weight is 491 g/mol. The van der Waals surface area contributed by atoms with Crippen LogP contribution in [0.15, 0.2) is 40.7 Å². The molecule has 0 bridgehead atoms. The molecule has 1 aromatic carbocycles. The number of hydrogen-bond acceptors (Lipinski definition) is 10. The number of ether oxygens (including phenoxy) is 2. The highest BCUT2D eigenvalue weighted by Crippen LogP contribution is 2.41. The molecule has 2 amide bonds. The molecule has 3 aliphatic heterocycles. The standard InChI is InChI=1S/C19H18N6O6S2/c20-13(8-1-2-10-11(3-8)31-7-30-10)16(26)22-14-17(27)25-15(19(28)29)9(6-33-18(14)25)5-32-12-4-21-24-23-12/h1-4,13-14,18H,5-7,20H2,(H,22,26)(H,28,29)(H,21,23,24)/t13-,14?,18?/m0/s1. The number of fused-ring (bicyclic) bond motifs is 2. The summed E-state index contributed by atoms with van der Waals surface area (Å²) in [5.41, 5.74) is 7.16. The highest BCUT2D eigenvalue weighted by molar-refractivity contribution is 8.01. The Hall–Kier alpha value is -3.23. The van der Waals surface area contributed by atoms with E-state index >= 15 is 0 Å². The van der Waals surface area contributed by atoms with Crippen molar-refractivity contribution in [3.05, 3.63) is 41.2 Å². The summed E-state index contributed by atoms with van der Waals surface area (Å²) in [7, 11) is 0. The highest BCUT2D eigenvalue weighted by Gasteiger charge is 2.54. The molecule has 3 atom stereocenters. The number of carboxylic acid groups (broad SMARTS) is 1. The number of H-pyrrole nitrogens is 1. The Labute approximate surface area is 195 Å². The summed E-state index contributed by atoms with van der Waals surface area (Å²) in [6.45, 7) is 0.101. The Morgan fingerprint density at radius 2 is 2.21 bits per heavy atom. The van der Waals surface area contributed by atoms with E-state index in [1.807, 2.05) is 0 Å². The van der Waals surface area contributed by atoms with Crippen LogP contribution in [0, 0.1) is 0 Å². The minimum absolute atomic E-state index is 0.0506. The van der Waals surface area contributed by atoms with Gasteiger partial charge in [0.05, 0.1) is 6.20 Å². The molecule has 1 fully saturated rings. The predicted molar refractivity (Wildman–Crippen MR) is 116 cm³/mol. The van der Waals surface area contributed by atoms with Crippen molar-refractivity contribution in [1.82, 2.24) is 25.6 Å². The van der Waals surface area contributed by atoms with Crippen molar-refractivity contribution in [2.24, 2.45) is 5.73 Å². The molecule has 0 radical (unpaired) electrons. The number of aliphatic carboxylic acids is 1. The van der Waals surface area contributed by atoms with Gasteiger partial charge < -0.3 is 25.6 Å². The third kappa shape index (κ3) is 3.89. The lowest BCUT2D eigenvalue weighted by Gasteiger charge is -2.49. The number of hydrogen-bond donors (Lipinski definition) is 4. The van der Waals surface area contributed by atoms with Crippen LogP contribution in [0.1, 0.15) is 11.6 Å². The van der Waals surface area contributed by atoms with E-state index in [4.69, 9.17) is 15.2 Å². The molecule has 5 N–H and O–H groups in total. The van der Waals surface area contributed by atoms with Crippen molar-refractivity contribution >= 4 is 41.3 Å². The molecule has 0 saturated carbocycles. The van der Waals surface area contributed by atoms with Crippen molar-refractivity contribution in [3.8, 4) is 11.5 Å². The molecular weight excluding hydrogens is 472 g/mol. The molecular formula is C19H18N6O6S2. The van der Waals surface area contributed by atoms with E-state index < -0.39 is 35.2 Å². The maximum absolute atomic E-state index is 12.8. The molecule has 1 saturated heterocycles. The first kappa shape index (κ1) is 21.6. The van der Waals surface area contributed by atoms with Gasteiger partial charge in [-0.3, -0.25) is 14.5 Å². The number of benzene rings is 1. The third-order valence-corrected chi connectivity index (χ3v) is 7.70. The summed E-state index contributed by atoms with van der Waals surface area (Å²) in [5.74, 6) is -0.394. The van der Waals surface area contributed by atoms with Crippen molar-refractivity contribution in [1.29, 1.82) is 0 Å². The zero-order valence-electron chi connectivity index (χ0n) is 16.9. The molecule has 2 aromatic rings. The second kappa shape index (κ2) is 8.61. The summed E-state index contributed by atoms with van der Waals surface area (Å²) in [6, 6.07) is 3.06. The van der Waals surface area contributed by atoms with Crippen LogP contribution < -0.4 is 20.5 Å². The van der Waals surface area contributed by atoms with Gasteiger partial charge in [0.2, 0.25) is 12.7 Å². The number of nitrogens with zero attached hydrogens (tertiary/aromatic N) is 3. The normalized spacial score (nSPS) is 22.0. The summed E-state index contributed by atoms with van der Waals surface area (Å²) in [5, 5.41) is 22.7. The molecule has 3 aliphatic rings. The Bertz CT molecular complexity index is 1160. The van der Waals surface area contributed by atoms with Gasteiger partial charge in [-0.15, -0.1) is 16.9 Å². The lowest BCUT2D eigenvalue weighted by Crippen LogP contribution is -2.71. The molecule has 0 aliphatic carbocycles. The number of carboxylic acids is 1. The Balaban J connectivity index is 1.27. The van der Waals surface area contributed by atoms with E-state index in [1.54, 1.807) is 18.2 Å². The molecule has 4 heterocycles. The van der Waals surface area contributed by atoms with Crippen LogP contribution in [0.3, 0.4) is 0 Å². The van der Waals surface area contributed by atoms with Crippen molar-refractivity contribution in [2.75, 3.05) is 18.3 Å². The van der Waals surface area contributed by atoms with Gasteiger partial charge in [0.1, 0.15) is 28.2 Å². The van der Waals surface area contributed by atoms with Crippen LogP contribution in [-0.4, -0.2) is 72.9 Å². The topological polar surface area (TPSA) is 173 Å². The molecule has 2 unspecified atom stereocenters. The number of carbonyl (C=O) groups excluding carboxylic acids is 2. The van der Waals surface area contributed by atoms with Crippen molar-refractivity contribution < 1.29 is 29.0 Å². The maximum Gasteiger partial charge on any atom is 0.352 e. The molecule has 5 rings (SSSR count). The number of thioether (sulfide) groups is 2. The maximum atomic E-state index is 12.8. The lowest BCUT2D eigenvalue weighted by molar-refractivity contribution is -0.150. The highest BCUT2D eigenvalue weighted by atomic mass is 32.2. The van der Waals surface area contributed by atoms with E-state index in [-0.39, 0.29) is 12.5 Å². The first-order valence-electron chi connectivity index (χ1n) is 9.78. The van der Waals surface area contributed by atoms with Crippen LogP contribution in [0.25, 0.3) is 0 Å². The number of rotatable bonds is 7. The predicted octanol–water partition coefficient (Wildman–Crippen LogP) is 0.0641. The van der Waals surface area contributed by atoms with Crippen LogP contribution >= 0.6 is 23.5 Å². The van der Waals surface area contributed by atoms with Crippen LogP contribution in [0.2, 0.25) is 0 Å².